The van der Waals surface area contributed by atoms with Crippen LogP contribution in [0.15, 0.2) is 71.0 Å². The summed E-state index contributed by atoms with van der Waals surface area (Å²) in [5.74, 6) is 0.757. The summed E-state index contributed by atoms with van der Waals surface area (Å²) in [6.45, 7) is 14.6. The maximum atomic E-state index is 13.3. The Hall–Kier alpha value is -4.51. The number of hydrogen-bond donors (Lipinski definition) is 1. The van der Waals surface area contributed by atoms with Gasteiger partial charge in [-0.25, -0.2) is 19.0 Å². The molecule has 42 heavy (non-hydrogen) atoms. The molecule has 1 N–H and O–H groups in total. The van der Waals surface area contributed by atoms with Gasteiger partial charge in [0.15, 0.2) is 11.5 Å². The van der Waals surface area contributed by atoms with Gasteiger partial charge < -0.3 is 14.8 Å². The molecule has 0 aliphatic carbocycles. The van der Waals surface area contributed by atoms with Gasteiger partial charge in [0.2, 0.25) is 5.95 Å². The van der Waals surface area contributed by atoms with Crippen molar-refractivity contribution in [3.63, 3.8) is 0 Å². The van der Waals surface area contributed by atoms with E-state index in [1.165, 1.54) is 27.1 Å². The van der Waals surface area contributed by atoms with Gasteiger partial charge in [0, 0.05) is 60.2 Å². The Morgan fingerprint density at radius 1 is 1.05 bits per heavy atom. The maximum Gasteiger partial charge on any atom is 0.278 e. The van der Waals surface area contributed by atoms with Crippen LogP contribution in [-0.2, 0) is 6.54 Å². The van der Waals surface area contributed by atoms with Gasteiger partial charge in [0.05, 0.1) is 12.6 Å². The molecule has 0 saturated carbocycles. The van der Waals surface area contributed by atoms with Gasteiger partial charge in [-0.3, -0.25) is 9.59 Å². The third kappa shape index (κ3) is 4.94. The van der Waals surface area contributed by atoms with E-state index < -0.39 is 0 Å². The number of piperidine rings is 1. The molecule has 4 aromatic heterocycles. The van der Waals surface area contributed by atoms with E-state index in [1.54, 1.807) is 16.8 Å². The molecule has 0 spiro atoms. The van der Waals surface area contributed by atoms with Crippen LogP contribution in [0.1, 0.15) is 52.6 Å². The summed E-state index contributed by atoms with van der Waals surface area (Å²) in [5, 5.41) is 9.34. The van der Waals surface area contributed by atoms with Gasteiger partial charge in [-0.15, -0.1) is 11.7 Å². The lowest BCUT2D eigenvalue weighted by atomic mass is 10.0. The number of likely N-dealkylation sites (tertiary alicyclic amines) is 1. The van der Waals surface area contributed by atoms with Gasteiger partial charge in [0.1, 0.15) is 5.39 Å². The Kier molecular flexibility index (Phi) is 7.28. The summed E-state index contributed by atoms with van der Waals surface area (Å²) in [6, 6.07) is 12.4. The molecule has 218 valence electrons. The first-order valence-electron chi connectivity index (χ1n) is 14.6. The average molecular weight is 568 g/mol. The van der Waals surface area contributed by atoms with Crippen LogP contribution in [-0.4, -0.2) is 57.7 Å². The van der Waals surface area contributed by atoms with Crippen molar-refractivity contribution in [2.45, 2.75) is 65.2 Å². The molecule has 11 heteroatoms. The first kappa shape index (κ1) is 27.6. The summed E-state index contributed by atoms with van der Waals surface area (Å²) >= 11 is 0. The highest BCUT2D eigenvalue weighted by Crippen LogP contribution is 2.30. The number of aromatic nitrogens is 7. The number of nitrogens with zero attached hydrogens (tertiary/aromatic N) is 8. The minimum absolute atomic E-state index is 0.150. The van der Waals surface area contributed by atoms with Gasteiger partial charge in [-0.1, -0.05) is 6.08 Å². The Morgan fingerprint density at radius 2 is 1.83 bits per heavy atom. The molecule has 0 bridgehead atoms. The number of allylic oxidation sites excluding steroid dienone is 1. The zero-order chi connectivity index (χ0) is 29.5. The highest BCUT2D eigenvalue weighted by molar-refractivity contribution is 5.85. The molecular formula is C31H37N9O2. The highest BCUT2D eigenvalue weighted by Gasteiger charge is 2.23. The van der Waals surface area contributed by atoms with Crippen LogP contribution < -0.4 is 16.4 Å². The standard InChI is InChI=1S/C31H37N9O2/c1-6-14-38-30(42)25-19-32-31(34-29(25)40(38)27-9-10-28(41)39(35-27)21(4)5)33-23-7-8-26-22(18-23)11-17-37(26)24-12-15-36(16-13-24)20(2)3/h6-11,17-21,24H,1,12-16H2,2-5H3,(H,32,33,34). The molecule has 0 amide bonds. The number of rotatable bonds is 8. The quantitative estimate of drug-likeness (QED) is 0.272. The molecule has 1 fully saturated rings. The predicted molar refractivity (Wildman–Crippen MR) is 166 cm³/mol. The van der Waals surface area contributed by atoms with E-state index in [9.17, 15) is 9.59 Å². The number of benzene rings is 1. The number of anilines is 2. The lowest BCUT2D eigenvalue weighted by Gasteiger charge is -2.35. The third-order valence-electron chi connectivity index (χ3n) is 8.09. The Labute approximate surface area is 243 Å². The molecular weight excluding hydrogens is 530 g/mol. The third-order valence-corrected chi connectivity index (χ3v) is 8.09. The molecule has 1 aliphatic heterocycles. The normalized spacial score (nSPS) is 14.9. The molecule has 6 rings (SSSR count). The van der Waals surface area contributed by atoms with E-state index in [0.717, 1.165) is 37.0 Å². The number of hydrogen-bond acceptors (Lipinski definition) is 7. The average Bonchev–Trinajstić information content (AvgIpc) is 3.52. The van der Waals surface area contributed by atoms with Crippen LogP contribution in [0, 0.1) is 0 Å². The van der Waals surface area contributed by atoms with Gasteiger partial charge >= 0.3 is 0 Å². The van der Waals surface area contributed by atoms with Crippen molar-refractivity contribution in [1.29, 1.82) is 0 Å². The Morgan fingerprint density at radius 3 is 2.55 bits per heavy atom. The first-order chi connectivity index (χ1) is 20.2. The fourth-order valence-electron chi connectivity index (χ4n) is 5.88. The molecule has 1 aromatic carbocycles. The van der Waals surface area contributed by atoms with E-state index in [4.69, 9.17) is 4.98 Å². The van der Waals surface area contributed by atoms with E-state index in [2.05, 4.69) is 69.7 Å². The first-order valence-corrected chi connectivity index (χ1v) is 14.6. The zero-order valence-electron chi connectivity index (χ0n) is 24.6. The van der Waals surface area contributed by atoms with Crippen molar-refractivity contribution in [3.05, 3.63) is 82.2 Å². The molecule has 1 saturated heterocycles. The van der Waals surface area contributed by atoms with E-state index in [-0.39, 0.29) is 23.7 Å². The van der Waals surface area contributed by atoms with Crippen molar-refractivity contribution in [3.8, 4) is 5.82 Å². The van der Waals surface area contributed by atoms with Crippen molar-refractivity contribution in [2.75, 3.05) is 18.4 Å². The predicted octanol–water partition coefficient (Wildman–Crippen LogP) is 4.65. The summed E-state index contributed by atoms with van der Waals surface area (Å²) in [5.41, 5.74) is 1.97. The SMILES string of the molecule is C=CCn1c(=O)c2cnc(Nc3ccc4c(ccn4C4CCN(C(C)C)CC4)c3)nc2n1-c1ccc(=O)n(C(C)C)n1. The smallest absolute Gasteiger partial charge is 0.278 e. The fraction of sp³-hybridized carbons (Fsp3) is 0.387. The zero-order valence-corrected chi connectivity index (χ0v) is 24.6. The lowest BCUT2D eigenvalue weighted by molar-refractivity contribution is 0.153. The molecule has 0 atom stereocenters. The highest BCUT2D eigenvalue weighted by atomic mass is 16.1. The van der Waals surface area contributed by atoms with Gasteiger partial charge in [-0.2, -0.15) is 4.98 Å². The molecule has 1 aliphatic rings. The lowest BCUT2D eigenvalue weighted by Crippen LogP contribution is -2.38. The Bertz CT molecular complexity index is 1880. The van der Waals surface area contributed by atoms with Crippen LogP contribution in [0.25, 0.3) is 27.8 Å². The monoisotopic (exact) mass is 567 g/mol. The second-order valence-electron chi connectivity index (χ2n) is 11.5. The topological polar surface area (TPSA) is 108 Å². The summed E-state index contributed by atoms with van der Waals surface area (Å²) < 4.78 is 6.91. The summed E-state index contributed by atoms with van der Waals surface area (Å²) in [6.07, 6.45) is 7.65. The summed E-state index contributed by atoms with van der Waals surface area (Å²) in [7, 11) is 0. The largest absolute Gasteiger partial charge is 0.344 e. The fourth-order valence-corrected chi connectivity index (χ4v) is 5.88. The number of nitrogens with one attached hydrogen (secondary N) is 1. The second-order valence-corrected chi connectivity index (χ2v) is 11.5. The Balaban J connectivity index is 1.33. The van der Waals surface area contributed by atoms with Crippen molar-refractivity contribution in [2.24, 2.45) is 0 Å². The van der Waals surface area contributed by atoms with E-state index >= 15 is 0 Å². The van der Waals surface area contributed by atoms with E-state index in [1.807, 2.05) is 19.9 Å². The minimum Gasteiger partial charge on any atom is -0.344 e. The van der Waals surface area contributed by atoms with E-state index in [0.29, 0.717) is 34.9 Å². The maximum absolute atomic E-state index is 13.3. The van der Waals surface area contributed by atoms with Crippen molar-refractivity contribution in [1.82, 2.24) is 38.6 Å². The van der Waals surface area contributed by atoms with Crippen LogP contribution in [0.4, 0.5) is 11.6 Å². The molecule has 11 nitrogen and oxygen atoms in total. The molecule has 0 radical (unpaired) electrons. The van der Waals surface area contributed by atoms with Crippen LogP contribution in [0.5, 0.6) is 0 Å². The minimum atomic E-state index is -0.262. The van der Waals surface area contributed by atoms with Crippen LogP contribution in [0.2, 0.25) is 0 Å². The van der Waals surface area contributed by atoms with Gasteiger partial charge in [-0.05, 0) is 70.9 Å². The van der Waals surface area contributed by atoms with Crippen LogP contribution >= 0.6 is 0 Å². The van der Waals surface area contributed by atoms with Crippen molar-refractivity contribution < 1.29 is 0 Å². The molecule has 0 unspecified atom stereocenters. The van der Waals surface area contributed by atoms with Crippen LogP contribution in [0.3, 0.4) is 0 Å². The summed E-state index contributed by atoms with van der Waals surface area (Å²) in [4.78, 5) is 37.4. The van der Waals surface area contributed by atoms with Crippen molar-refractivity contribution >= 4 is 33.6 Å². The van der Waals surface area contributed by atoms with Gasteiger partial charge in [0.25, 0.3) is 11.1 Å². The molecule has 5 aromatic rings. The second kappa shape index (κ2) is 11.1. The molecule has 5 heterocycles. The number of fused-ring (bicyclic) bond motifs is 2.